The number of fused-ring (bicyclic) bond motifs is 4. The van der Waals surface area contributed by atoms with Gasteiger partial charge in [0.05, 0.1) is 31.4 Å². The quantitative estimate of drug-likeness (QED) is 0.207. The first kappa shape index (κ1) is 29.6. The Balaban J connectivity index is 1.38. The average Bonchev–Trinajstić information content (AvgIpc) is 3.42. The molecule has 0 radical (unpaired) electrons. The maximum Gasteiger partial charge on any atom is 0.511 e. The molecule has 1 fully saturated rings. The third-order valence-corrected chi connectivity index (χ3v) is 10.0. The van der Waals surface area contributed by atoms with Crippen molar-refractivity contribution < 1.29 is 41.7 Å². The van der Waals surface area contributed by atoms with E-state index in [2.05, 4.69) is 0 Å². The molecule has 0 bridgehead atoms. The number of benzene rings is 2. The van der Waals surface area contributed by atoms with Gasteiger partial charge in [0.1, 0.15) is 12.0 Å². The van der Waals surface area contributed by atoms with E-state index in [0.29, 0.717) is 16.7 Å². The van der Waals surface area contributed by atoms with Crippen molar-refractivity contribution in [3.63, 3.8) is 0 Å². The molecule has 14 heteroatoms. The smallest absolute Gasteiger partial charge is 0.451 e. The summed E-state index contributed by atoms with van der Waals surface area (Å²) in [5, 5.41) is 3.51. The first-order chi connectivity index (χ1) is 22.7. The fourth-order valence-electron chi connectivity index (χ4n) is 7.12. The molecule has 47 heavy (non-hydrogen) atoms. The standard InChI is InChI=1S/C33H26F3N3O7S/c1-2-44-32(42)46-16-45-29-22(40)9-10-38-28(29)31(41)37-11-12-43-14-23(37)39(38)27-18-5-3-4-6-19(18)30-24-17(15-47-30)13-33(35,36)26-21(34)8-7-20(27)25(24)26/h3-10,15,23,27H,2,11-14,16H2,1H3/t23-,27-/m1/s1. The Hall–Kier alpha value is -4.82. The number of carbonyl (C=O) groups excluding carboxylic acids is 2. The monoisotopic (exact) mass is 665 g/mol. The van der Waals surface area contributed by atoms with Crippen LogP contribution in [0, 0.1) is 5.82 Å². The molecule has 2 aromatic heterocycles. The van der Waals surface area contributed by atoms with E-state index < -0.39 is 60.2 Å². The Bertz CT molecular complexity index is 2030. The number of nitrogens with zero attached hydrogens (tertiary/aromatic N) is 3. The van der Waals surface area contributed by atoms with Crippen molar-refractivity contribution >= 4 is 23.4 Å². The summed E-state index contributed by atoms with van der Waals surface area (Å²) in [6, 6.07) is 10.4. The van der Waals surface area contributed by atoms with E-state index in [1.807, 2.05) is 24.3 Å². The zero-order valence-electron chi connectivity index (χ0n) is 24.8. The molecule has 4 aliphatic rings. The number of halogens is 3. The highest BCUT2D eigenvalue weighted by Gasteiger charge is 2.50. The van der Waals surface area contributed by atoms with Gasteiger partial charge in [-0.15, -0.1) is 11.3 Å². The van der Waals surface area contributed by atoms with Crippen LogP contribution >= 0.6 is 11.3 Å². The normalized spacial score (nSPS) is 20.0. The molecule has 1 amide bonds. The van der Waals surface area contributed by atoms with Crippen LogP contribution < -0.4 is 15.2 Å². The number of ether oxygens (including phenoxy) is 4. The lowest BCUT2D eigenvalue weighted by Crippen LogP contribution is -2.66. The van der Waals surface area contributed by atoms with Crippen molar-refractivity contribution in [1.82, 2.24) is 9.58 Å². The fourth-order valence-corrected chi connectivity index (χ4v) is 8.25. The van der Waals surface area contributed by atoms with E-state index >= 15 is 13.2 Å². The minimum atomic E-state index is -3.47. The summed E-state index contributed by atoms with van der Waals surface area (Å²) in [5.74, 6) is -5.37. The number of alkyl halides is 2. The minimum absolute atomic E-state index is 0.0596. The molecule has 4 heterocycles. The molecule has 2 aliphatic heterocycles. The van der Waals surface area contributed by atoms with Gasteiger partial charge in [0.15, 0.2) is 5.69 Å². The summed E-state index contributed by atoms with van der Waals surface area (Å²) >= 11 is 1.33. The number of hydrogen-bond acceptors (Lipinski definition) is 9. The number of hydrogen-bond donors (Lipinski definition) is 0. The first-order valence-electron chi connectivity index (χ1n) is 15.0. The van der Waals surface area contributed by atoms with E-state index in [-0.39, 0.29) is 43.4 Å². The molecule has 0 unspecified atom stereocenters. The van der Waals surface area contributed by atoms with Crippen molar-refractivity contribution in [2.24, 2.45) is 0 Å². The van der Waals surface area contributed by atoms with Crippen LogP contribution in [0.2, 0.25) is 0 Å². The number of amides is 1. The Morgan fingerprint density at radius 3 is 2.74 bits per heavy atom. The van der Waals surface area contributed by atoms with Crippen molar-refractivity contribution in [2.45, 2.75) is 31.5 Å². The maximum atomic E-state index is 15.8. The van der Waals surface area contributed by atoms with Gasteiger partial charge in [0.25, 0.3) is 11.8 Å². The summed E-state index contributed by atoms with van der Waals surface area (Å²) in [7, 11) is 0. The maximum absolute atomic E-state index is 15.8. The van der Waals surface area contributed by atoms with Crippen molar-refractivity contribution in [2.75, 3.05) is 38.2 Å². The van der Waals surface area contributed by atoms with Crippen LogP contribution in [0.4, 0.5) is 18.0 Å². The predicted octanol–water partition coefficient (Wildman–Crippen LogP) is 5.39. The molecule has 8 rings (SSSR count). The summed E-state index contributed by atoms with van der Waals surface area (Å²) < 4.78 is 69.8. The number of rotatable bonds is 5. The lowest BCUT2D eigenvalue weighted by Gasteiger charge is -2.51. The highest BCUT2D eigenvalue weighted by atomic mass is 32.1. The number of aromatic nitrogens is 1. The van der Waals surface area contributed by atoms with Crippen LogP contribution in [-0.4, -0.2) is 61.0 Å². The summed E-state index contributed by atoms with van der Waals surface area (Å²) in [5.41, 5.74) is 1.58. The molecule has 2 atom stereocenters. The molecule has 4 aromatic rings. The van der Waals surface area contributed by atoms with E-state index in [9.17, 15) is 14.4 Å². The lowest BCUT2D eigenvalue weighted by molar-refractivity contribution is -0.0210. The SMILES string of the molecule is CCOC(=O)OCOc1c2n(ccc1=O)N([C@@H]1c3ccccc3-c3scc4c3-c3c1ccc(F)c3C(F)(F)C4)[C@@H]1COCCN1C2=O. The second-order valence-electron chi connectivity index (χ2n) is 11.4. The molecule has 10 nitrogen and oxygen atoms in total. The van der Waals surface area contributed by atoms with Crippen molar-refractivity contribution in [1.29, 1.82) is 0 Å². The van der Waals surface area contributed by atoms with Crippen molar-refractivity contribution in [3.8, 4) is 27.3 Å². The Morgan fingerprint density at radius 1 is 1.09 bits per heavy atom. The third kappa shape index (κ3) is 4.38. The van der Waals surface area contributed by atoms with Gasteiger partial charge in [-0.2, -0.15) is 0 Å². The largest absolute Gasteiger partial charge is 0.511 e. The Morgan fingerprint density at radius 2 is 1.91 bits per heavy atom. The zero-order chi connectivity index (χ0) is 32.6. The predicted molar refractivity (Wildman–Crippen MR) is 163 cm³/mol. The van der Waals surface area contributed by atoms with E-state index in [0.717, 1.165) is 22.1 Å². The van der Waals surface area contributed by atoms with E-state index in [1.165, 1.54) is 39.2 Å². The number of pyridine rings is 1. The minimum Gasteiger partial charge on any atom is -0.451 e. The summed E-state index contributed by atoms with van der Waals surface area (Å²) in [6.45, 7) is 1.39. The number of thiophene rings is 1. The van der Waals surface area contributed by atoms with Gasteiger partial charge in [0, 0.05) is 41.2 Å². The van der Waals surface area contributed by atoms with Crippen LogP contribution in [0.15, 0.2) is 58.8 Å². The Labute approximate surface area is 269 Å². The van der Waals surface area contributed by atoms with Gasteiger partial charge < -0.3 is 23.8 Å². The number of carbonyl (C=O) groups is 2. The summed E-state index contributed by atoms with van der Waals surface area (Å²) in [6.07, 6.45) is -0.980. The average molecular weight is 666 g/mol. The molecule has 0 N–H and O–H groups in total. The molecule has 1 saturated heterocycles. The van der Waals surface area contributed by atoms with Crippen LogP contribution in [0.25, 0.3) is 21.6 Å². The second kappa shape index (κ2) is 10.9. The highest BCUT2D eigenvalue weighted by Crippen LogP contribution is 2.58. The third-order valence-electron chi connectivity index (χ3n) is 8.94. The van der Waals surface area contributed by atoms with Gasteiger partial charge in [-0.1, -0.05) is 30.3 Å². The molecule has 2 aliphatic carbocycles. The lowest BCUT2D eigenvalue weighted by atomic mass is 9.80. The van der Waals surface area contributed by atoms with Crippen LogP contribution in [0.1, 0.15) is 45.7 Å². The molecule has 0 saturated carbocycles. The van der Waals surface area contributed by atoms with Gasteiger partial charge >= 0.3 is 6.16 Å². The van der Waals surface area contributed by atoms with Gasteiger partial charge in [-0.05, 0) is 40.6 Å². The topological polar surface area (TPSA) is 99.5 Å². The molecule has 242 valence electrons. The fraction of sp³-hybridized carbons (Fsp3) is 0.303. The Kier molecular flexibility index (Phi) is 6.84. The van der Waals surface area contributed by atoms with E-state index in [1.54, 1.807) is 17.3 Å². The van der Waals surface area contributed by atoms with Gasteiger partial charge in [0.2, 0.25) is 18.0 Å². The van der Waals surface area contributed by atoms with Crippen molar-refractivity contribution in [3.05, 3.63) is 98.0 Å². The van der Waals surface area contributed by atoms with E-state index in [4.69, 9.17) is 18.9 Å². The first-order valence-corrected chi connectivity index (χ1v) is 15.8. The van der Waals surface area contributed by atoms with Crippen LogP contribution in [0.5, 0.6) is 5.75 Å². The molecule has 0 spiro atoms. The van der Waals surface area contributed by atoms with Crippen LogP contribution in [-0.2, 0) is 26.6 Å². The molecular weight excluding hydrogens is 639 g/mol. The zero-order valence-corrected chi connectivity index (χ0v) is 25.7. The summed E-state index contributed by atoms with van der Waals surface area (Å²) in [4.78, 5) is 41.4. The van der Waals surface area contributed by atoms with Gasteiger partial charge in [-0.3, -0.25) is 19.3 Å². The number of morpholine rings is 1. The second-order valence-corrected chi connectivity index (χ2v) is 12.3. The van der Waals surface area contributed by atoms with Crippen LogP contribution in [0.3, 0.4) is 0 Å². The molecule has 2 aromatic carbocycles. The highest BCUT2D eigenvalue weighted by molar-refractivity contribution is 7.14. The molecular formula is C33H26F3N3O7S. The van der Waals surface area contributed by atoms with Gasteiger partial charge in [-0.25, -0.2) is 18.0 Å².